The Hall–Kier alpha value is -1.13. The van der Waals surface area contributed by atoms with Crippen molar-refractivity contribution < 1.29 is 54.4 Å². The van der Waals surface area contributed by atoms with Gasteiger partial charge >= 0.3 is 0 Å². The zero-order valence-corrected chi connectivity index (χ0v) is 24.6. The van der Waals surface area contributed by atoms with Crippen LogP contribution in [0.1, 0.15) is 38.5 Å². The quantitative estimate of drug-likeness (QED) is 0.101. The average Bonchev–Trinajstić information content (AvgIpc) is 3.57. The smallest absolute Gasteiger partial charge is 0.253 e. The molecule has 5 aliphatic rings. The molecule has 44 heavy (non-hydrogen) atoms. The van der Waals surface area contributed by atoms with Crippen molar-refractivity contribution in [3.8, 4) is 0 Å². The molecule has 0 aromatic carbocycles. The van der Waals surface area contributed by atoms with Crippen molar-refractivity contribution in [2.75, 3.05) is 19.7 Å². The van der Waals surface area contributed by atoms with Crippen LogP contribution < -0.4 is 33.6 Å². The zero-order valence-electron chi connectivity index (χ0n) is 24.6. The second kappa shape index (κ2) is 13.9. The Morgan fingerprint density at radius 2 is 1.45 bits per heavy atom. The predicted octanol–water partition coefficient (Wildman–Crippen LogP) is -6.25. The molecule has 2 aliphatic heterocycles. The molecule has 1 amide bonds. The summed E-state index contributed by atoms with van der Waals surface area (Å²) in [6.07, 6.45) is -9.42. The monoisotopic (exact) mass is 634 g/mol. The first kappa shape index (κ1) is 34.2. The Balaban J connectivity index is 1.26. The lowest BCUT2D eigenvalue weighted by Gasteiger charge is -2.48. The fourth-order valence-electron chi connectivity index (χ4n) is 6.64. The maximum absolute atomic E-state index is 12.9. The van der Waals surface area contributed by atoms with E-state index in [1.54, 1.807) is 0 Å². The number of nitrogens with one attached hydrogen (secondary N) is 2. The minimum atomic E-state index is -1.77. The molecule has 5 rings (SSSR count). The van der Waals surface area contributed by atoms with E-state index in [1.807, 2.05) is 0 Å². The van der Waals surface area contributed by atoms with E-state index in [1.165, 1.54) is 0 Å². The highest BCUT2D eigenvalue weighted by atomic mass is 16.7. The molecule has 2 heterocycles. The van der Waals surface area contributed by atoms with Crippen LogP contribution in [0.15, 0.2) is 0 Å². The maximum Gasteiger partial charge on any atom is 0.253 e. The normalized spacial score (nSPS) is 51.0. The lowest BCUT2D eigenvalue weighted by Crippen LogP contribution is -2.68. The average molecular weight is 635 g/mol. The summed E-state index contributed by atoms with van der Waals surface area (Å²) in [6.45, 7) is 0.535. The van der Waals surface area contributed by atoms with Crippen molar-refractivity contribution in [1.82, 2.24) is 10.6 Å². The summed E-state index contributed by atoms with van der Waals surface area (Å²) in [5.74, 6) is -0.290. The summed E-state index contributed by atoms with van der Waals surface area (Å²) in [5, 5.41) is 68.9. The number of rotatable bonds is 11. The first-order chi connectivity index (χ1) is 20.8. The number of carbonyl (C=O) groups excluding carboxylic acids is 1. The molecule has 0 spiro atoms. The van der Waals surface area contributed by atoms with Gasteiger partial charge in [0.15, 0.2) is 18.2 Å². The molecule has 2 saturated heterocycles. The first-order valence-corrected chi connectivity index (χ1v) is 15.5. The van der Waals surface area contributed by atoms with Gasteiger partial charge in [-0.25, -0.2) is 0 Å². The van der Waals surface area contributed by atoms with Crippen molar-refractivity contribution in [2.45, 2.75) is 136 Å². The summed E-state index contributed by atoms with van der Waals surface area (Å²) < 4.78 is 23.8. The second-order valence-corrected chi connectivity index (χ2v) is 13.3. The van der Waals surface area contributed by atoms with Gasteiger partial charge in [-0.05, 0) is 38.1 Å². The van der Waals surface area contributed by atoms with E-state index >= 15 is 0 Å². The maximum atomic E-state index is 12.9. The van der Waals surface area contributed by atoms with Gasteiger partial charge in [0.2, 0.25) is 0 Å². The number of nitrogens with two attached hydrogens (primary N) is 4. The number of amides is 1. The van der Waals surface area contributed by atoms with Gasteiger partial charge in [-0.1, -0.05) is 0 Å². The molecule has 0 aromatic rings. The Morgan fingerprint density at radius 3 is 2.09 bits per heavy atom. The van der Waals surface area contributed by atoms with Crippen LogP contribution in [0.3, 0.4) is 0 Å². The van der Waals surface area contributed by atoms with Gasteiger partial charge in [0, 0.05) is 37.5 Å². The number of aliphatic hydroxyl groups is 6. The molecular formula is C27H50N6O11. The lowest BCUT2D eigenvalue weighted by molar-refractivity contribution is -0.313. The Bertz CT molecular complexity index is 983. The molecule has 0 radical (unpaired) electrons. The van der Waals surface area contributed by atoms with Gasteiger partial charge in [-0.2, -0.15) is 0 Å². The third-order valence-corrected chi connectivity index (χ3v) is 9.66. The van der Waals surface area contributed by atoms with E-state index in [2.05, 4.69) is 10.6 Å². The van der Waals surface area contributed by atoms with E-state index in [9.17, 15) is 35.4 Å². The van der Waals surface area contributed by atoms with Gasteiger partial charge in [0.1, 0.15) is 30.5 Å². The number of hydrogen-bond donors (Lipinski definition) is 12. The van der Waals surface area contributed by atoms with Gasteiger partial charge in [-0.15, -0.1) is 0 Å². The molecule has 3 saturated carbocycles. The highest BCUT2D eigenvalue weighted by Gasteiger charge is 2.59. The van der Waals surface area contributed by atoms with Gasteiger partial charge in [0.05, 0.1) is 37.0 Å². The Labute approximate surface area is 255 Å². The van der Waals surface area contributed by atoms with E-state index in [0.717, 1.165) is 19.4 Å². The molecule has 17 nitrogen and oxygen atoms in total. The molecule has 5 fully saturated rings. The van der Waals surface area contributed by atoms with Crippen LogP contribution in [0.5, 0.6) is 0 Å². The van der Waals surface area contributed by atoms with Crippen LogP contribution in [-0.2, 0) is 23.7 Å². The molecule has 3 aliphatic carbocycles. The van der Waals surface area contributed by atoms with Crippen LogP contribution in [0, 0.1) is 5.92 Å². The molecule has 254 valence electrons. The summed E-state index contributed by atoms with van der Waals surface area (Å²) >= 11 is 0. The van der Waals surface area contributed by atoms with E-state index in [-0.39, 0.29) is 31.7 Å². The van der Waals surface area contributed by atoms with Crippen LogP contribution in [0.2, 0.25) is 0 Å². The van der Waals surface area contributed by atoms with Crippen molar-refractivity contribution in [2.24, 2.45) is 28.9 Å². The van der Waals surface area contributed by atoms with E-state index in [0.29, 0.717) is 12.5 Å². The fraction of sp³-hybridized carbons (Fsp3) is 0.963. The standard InChI is InChI=1S/C27H50N6O11/c28-11-1-10(2-11)7-32-8-18-15(35)4-13(30)24(41-18)43-22-12(29)3-14(33-26(39)27(40)6-20(27)31)23(21(22)38)44-25-17(37)5-16(36)19(9-34)42-25/h10-25,32,34-38,40H,1-9,28-31H2,(H,33,39)/t10?,11?,12-,13+,14+,15-,16-,17+,18+,19+,20?,21-,22?,23-,24+,25+,27?/m0/s1. The van der Waals surface area contributed by atoms with E-state index < -0.39 is 104 Å². The van der Waals surface area contributed by atoms with Crippen LogP contribution >= 0.6 is 0 Å². The zero-order chi connectivity index (χ0) is 31.9. The second-order valence-electron chi connectivity index (χ2n) is 13.3. The highest BCUT2D eigenvalue weighted by Crippen LogP contribution is 2.36. The molecule has 15 atom stereocenters. The molecule has 16 N–H and O–H groups in total. The number of hydrogen-bond acceptors (Lipinski definition) is 16. The van der Waals surface area contributed by atoms with E-state index in [4.69, 9.17) is 41.9 Å². The Kier molecular flexibility index (Phi) is 10.8. The number of ether oxygens (including phenoxy) is 4. The van der Waals surface area contributed by atoms with Crippen molar-refractivity contribution in [3.05, 3.63) is 0 Å². The molecule has 3 unspecified atom stereocenters. The van der Waals surface area contributed by atoms with Crippen molar-refractivity contribution >= 4 is 5.91 Å². The minimum absolute atomic E-state index is 0.0113. The van der Waals surface area contributed by atoms with Crippen LogP contribution in [0.25, 0.3) is 0 Å². The topological polar surface area (TPSA) is 304 Å². The fourth-order valence-corrected chi connectivity index (χ4v) is 6.64. The van der Waals surface area contributed by atoms with Crippen molar-refractivity contribution in [3.63, 3.8) is 0 Å². The number of aliphatic hydroxyl groups excluding tert-OH is 5. The molecule has 0 aromatic heterocycles. The largest absolute Gasteiger partial charge is 0.394 e. The highest BCUT2D eigenvalue weighted by molar-refractivity contribution is 5.89. The van der Waals surface area contributed by atoms with Crippen LogP contribution in [0.4, 0.5) is 0 Å². The molecule has 17 heteroatoms. The summed E-state index contributed by atoms with van der Waals surface area (Å²) in [5.41, 5.74) is 22.6. The number of carbonyl (C=O) groups is 1. The van der Waals surface area contributed by atoms with Gasteiger partial charge in [-0.3, -0.25) is 4.79 Å². The first-order valence-electron chi connectivity index (χ1n) is 15.5. The van der Waals surface area contributed by atoms with Crippen molar-refractivity contribution in [1.29, 1.82) is 0 Å². The molecular weight excluding hydrogens is 584 g/mol. The molecule has 0 bridgehead atoms. The predicted molar refractivity (Wildman–Crippen MR) is 151 cm³/mol. The SMILES string of the molecule is NC1CC(CNC[C@H]2O[C@H](OC3[C@@H](N)C[C@@H](NC(=O)C4(O)CC4N)[C@H](O[C@H]4O[C@H](CO)[C@@H](O)C[C@H]4O)[C@H]3O)[C@H](N)C[C@@H]2O)C1. The summed E-state index contributed by atoms with van der Waals surface area (Å²) in [4.78, 5) is 12.9. The minimum Gasteiger partial charge on any atom is -0.394 e. The van der Waals surface area contributed by atoms with Gasteiger partial charge < -0.3 is 83.2 Å². The van der Waals surface area contributed by atoms with Crippen LogP contribution in [-0.4, -0.2) is 153 Å². The third-order valence-electron chi connectivity index (χ3n) is 9.66. The Morgan fingerprint density at radius 1 is 0.818 bits per heavy atom. The summed E-state index contributed by atoms with van der Waals surface area (Å²) in [6, 6.07) is -3.11. The lowest BCUT2D eigenvalue weighted by atomic mass is 9.81. The third kappa shape index (κ3) is 7.37. The summed E-state index contributed by atoms with van der Waals surface area (Å²) in [7, 11) is 0. The van der Waals surface area contributed by atoms with Gasteiger partial charge in [0.25, 0.3) is 5.91 Å².